The molecule has 1 aromatic carbocycles. The van der Waals surface area contributed by atoms with E-state index >= 15 is 0 Å². The third-order valence-corrected chi connectivity index (χ3v) is 2.16. The van der Waals surface area contributed by atoms with Crippen LogP contribution in [0, 0.1) is 0 Å². The van der Waals surface area contributed by atoms with E-state index < -0.39 is 0 Å². The summed E-state index contributed by atoms with van der Waals surface area (Å²) >= 11 is 0. The molecule has 0 atom stereocenters. The SMILES string of the molecule is CCOCNCCC(=O)OCc1ccccc1. The Morgan fingerprint density at radius 1 is 1.29 bits per heavy atom. The molecule has 0 radical (unpaired) electrons. The van der Waals surface area contributed by atoms with Gasteiger partial charge in [-0.3, -0.25) is 10.1 Å². The van der Waals surface area contributed by atoms with Crippen molar-refractivity contribution < 1.29 is 14.3 Å². The maximum atomic E-state index is 11.3. The number of carbonyl (C=O) groups is 1. The van der Waals surface area contributed by atoms with E-state index in [1.165, 1.54) is 0 Å². The summed E-state index contributed by atoms with van der Waals surface area (Å²) in [5, 5.41) is 2.99. The van der Waals surface area contributed by atoms with Gasteiger partial charge >= 0.3 is 5.97 Å². The molecule has 0 saturated carbocycles. The van der Waals surface area contributed by atoms with Crippen molar-refractivity contribution in [3.05, 3.63) is 35.9 Å². The van der Waals surface area contributed by atoms with Crippen molar-refractivity contribution >= 4 is 5.97 Å². The van der Waals surface area contributed by atoms with Crippen LogP contribution < -0.4 is 5.32 Å². The zero-order valence-electron chi connectivity index (χ0n) is 10.1. The fraction of sp³-hybridized carbons (Fsp3) is 0.462. The van der Waals surface area contributed by atoms with Gasteiger partial charge in [0.2, 0.25) is 0 Å². The van der Waals surface area contributed by atoms with Crippen LogP contribution in [0.3, 0.4) is 0 Å². The maximum absolute atomic E-state index is 11.3. The average molecular weight is 237 g/mol. The van der Waals surface area contributed by atoms with E-state index in [1.807, 2.05) is 37.3 Å². The lowest BCUT2D eigenvalue weighted by atomic mass is 10.2. The number of carbonyl (C=O) groups excluding carboxylic acids is 1. The predicted molar refractivity (Wildman–Crippen MR) is 65.4 cm³/mol. The standard InChI is InChI=1S/C13H19NO3/c1-2-16-11-14-9-8-13(15)17-10-12-6-4-3-5-7-12/h3-7,14H,2,8-11H2,1H3. The van der Waals surface area contributed by atoms with Crippen LogP contribution in [0.15, 0.2) is 30.3 Å². The van der Waals surface area contributed by atoms with Gasteiger partial charge in [0.25, 0.3) is 0 Å². The van der Waals surface area contributed by atoms with E-state index in [0.29, 0.717) is 32.9 Å². The molecule has 0 spiro atoms. The molecule has 4 heteroatoms. The number of hydrogen-bond donors (Lipinski definition) is 1. The van der Waals surface area contributed by atoms with Crippen molar-refractivity contribution in [2.24, 2.45) is 0 Å². The third-order valence-electron chi connectivity index (χ3n) is 2.16. The van der Waals surface area contributed by atoms with Crippen LogP contribution in [0.1, 0.15) is 18.9 Å². The lowest BCUT2D eigenvalue weighted by molar-refractivity contribution is -0.144. The third kappa shape index (κ3) is 6.71. The number of nitrogens with one attached hydrogen (secondary N) is 1. The molecule has 0 fully saturated rings. The Labute approximate surface area is 102 Å². The van der Waals surface area contributed by atoms with Crippen molar-refractivity contribution in [3.63, 3.8) is 0 Å². The number of ether oxygens (including phenoxy) is 2. The molecule has 0 aromatic heterocycles. The summed E-state index contributed by atoms with van der Waals surface area (Å²) in [6, 6.07) is 9.64. The van der Waals surface area contributed by atoms with Crippen LogP contribution in [-0.4, -0.2) is 25.9 Å². The number of hydrogen-bond acceptors (Lipinski definition) is 4. The minimum atomic E-state index is -0.196. The van der Waals surface area contributed by atoms with Crippen LogP contribution in [0.4, 0.5) is 0 Å². The summed E-state index contributed by atoms with van der Waals surface area (Å²) in [6.07, 6.45) is 0.361. The second kappa shape index (κ2) is 8.73. The van der Waals surface area contributed by atoms with Gasteiger partial charge in [0.05, 0.1) is 13.2 Å². The number of rotatable bonds is 8. The second-order valence-electron chi connectivity index (χ2n) is 3.53. The summed E-state index contributed by atoms with van der Waals surface area (Å²) in [5.41, 5.74) is 1.00. The molecular formula is C13H19NO3. The molecular weight excluding hydrogens is 218 g/mol. The van der Waals surface area contributed by atoms with Gasteiger partial charge < -0.3 is 9.47 Å². The smallest absolute Gasteiger partial charge is 0.307 e. The first-order valence-corrected chi connectivity index (χ1v) is 5.81. The molecule has 0 aliphatic heterocycles. The van der Waals surface area contributed by atoms with Crippen LogP contribution in [0.5, 0.6) is 0 Å². The van der Waals surface area contributed by atoms with Gasteiger partial charge in [-0.1, -0.05) is 30.3 Å². The minimum absolute atomic E-state index is 0.196. The Bertz CT molecular complexity index is 314. The highest BCUT2D eigenvalue weighted by molar-refractivity contribution is 5.69. The fourth-order valence-corrected chi connectivity index (χ4v) is 1.25. The Morgan fingerprint density at radius 2 is 2.06 bits per heavy atom. The van der Waals surface area contributed by atoms with Gasteiger partial charge in [-0.25, -0.2) is 0 Å². The lowest BCUT2D eigenvalue weighted by Gasteiger charge is -2.06. The average Bonchev–Trinajstić information content (AvgIpc) is 2.37. The summed E-state index contributed by atoms with van der Waals surface area (Å²) in [7, 11) is 0. The van der Waals surface area contributed by atoms with Crippen molar-refractivity contribution in [3.8, 4) is 0 Å². The zero-order chi connectivity index (χ0) is 12.3. The Balaban J connectivity index is 2.05. The summed E-state index contributed by atoms with van der Waals surface area (Å²) < 4.78 is 10.2. The monoisotopic (exact) mass is 237 g/mol. The first kappa shape index (κ1) is 13.7. The number of benzene rings is 1. The molecule has 0 amide bonds. The van der Waals surface area contributed by atoms with Gasteiger partial charge in [-0.15, -0.1) is 0 Å². The van der Waals surface area contributed by atoms with Crippen LogP contribution in [-0.2, 0) is 20.9 Å². The van der Waals surface area contributed by atoms with Crippen LogP contribution >= 0.6 is 0 Å². The molecule has 17 heavy (non-hydrogen) atoms. The van der Waals surface area contributed by atoms with Crippen LogP contribution in [0.25, 0.3) is 0 Å². The Morgan fingerprint density at radius 3 is 2.76 bits per heavy atom. The highest BCUT2D eigenvalue weighted by Crippen LogP contribution is 2.01. The van der Waals surface area contributed by atoms with Crippen molar-refractivity contribution in [2.45, 2.75) is 20.0 Å². The molecule has 0 bridgehead atoms. The molecule has 1 rings (SSSR count). The van der Waals surface area contributed by atoms with Gasteiger partial charge in [-0.2, -0.15) is 0 Å². The van der Waals surface area contributed by atoms with Gasteiger partial charge in [0.15, 0.2) is 0 Å². The highest BCUT2D eigenvalue weighted by Gasteiger charge is 2.02. The molecule has 4 nitrogen and oxygen atoms in total. The van der Waals surface area contributed by atoms with E-state index in [1.54, 1.807) is 0 Å². The molecule has 0 aliphatic carbocycles. The lowest BCUT2D eigenvalue weighted by Crippen LogP contribution is -2.22. The molecule has 0 unspecified atom stereocenters. The topological polar surface area (TPSA) is 47.6 Å². The van der Waals surface area contributed by atoms with Gasteiger partial charge in [-0.05, 0) is 12.5 Å². The fourth-order valence-electron chi connectivity index (χ4n) is 1.25. The molecule has 1 aromatic rings. The Hall–Kier alpha value is -1.39. The van der Waals surface area contributed by atoms with E-state index in [9.17, 15) is 4.79 Å². The molecule has 94 valence electrons. The molecule has 0 heterocycles. The van der Waals surface area contributed by atoms with E-state index in [2.05, 4.69) is 5.32 Å². The number of esters is 1. The summed E-state index contributed by atoms with van der Waals surface area (Å²) in [5.74, 6) is -0.196. The van der Waals surface area contributed by atoms with Gasteiger partial charge in [0.1, 0.15) is 6.61 Å². The van der Waals surface area contributed by atoms with Crippen molar-refractivity contribution in [1.29, 1.82) is 0 Å². The summed E-state index contributed by atoms with van der Waals surface area (Å²) in [4.78, 5) is 11.3. The van der Waals surface area contributed by atoms with Crippen LogP contribution in [0.2, 0.25) is 0 Å². The van der Waals surface area contributed by atoms with Crippen molar-refractivity contribution in [2.75, 3.05) is 19.9 Å². The van der Waals surface area contributed by atoms with Gasteiger partial charge in [0, 0.05) is 13.2 Å². The summed E-state index contributed by atoms with van der Waals surface area (Å²) in [6.45, 7) is 3.99. The molecule has 0 aliphatic rings. The maximum Gasteiger partial charge on any atom is 0.307 e. The van der Waals surface area contributed by atoms with E-state index in [-0.39, 0.29) is 5.97 Å². The first-order valence-electron chi connectivity index (χ1n) is 5.81. The van der Waals surface area contributed by atoms with E-state index in [0.717, 1.165) is 5.56 Å². The molecule has 0 saturated heterocycles. The predicted octanol–water partition coefficient (Wildman–Crippen LogP) is 1.70. The second-order valence-corrected chi connectivity index (χ2v) is 3.53. The Kier molecular flexibility index (Phi) is 7.02. The quantitative estimate of drug-likeness (QED) is 0.425. The normalized spacial score (nSPS) is 10.2. The largest absolute Gasteiger partial charge is 0.461 e. The minimum Gasteiger partial charge on any atom is -0.461 e. The highest BCUT2D eigenvalue weighted by atomic mass is 16.5. The van der Waals surface area contributed by atoms with E-state index in [4.69, 9.17) is 9.47 Å². The zero-order valence-corrected chi connectivity index (χ0v) is 10.1. The first-order chi connectivity index (χ1) is 8.33. The van der Waals surface area contributed by atoms with Crippen molar-refractivity contribution in [1.82, 2.24) is 5.32 Å². The molecule has 1 N–H and O–H groups in total.